The van der Waals surface area contributed by atoms with Crippen molar-refractivity contribution in [3.63, 3.8) is 0 Å². The number of nitrogens with one attached hydrogen (secondary N) is 3. The van der Waals surface area contributed by atoms with Crippen LogP contribution in [0, 0.1) is 5.92 Å². The van der Waals surface area contributed by atoms with E-state index in [0.717, 1.165) is 24.6 Å². The van der Waals surface area contributed by atoms with E-state index in [1.807, 2.05) is 5.32 Å². The number of ether oxygens (including phenoxy) is 1. The lowest BCUT2D eigenvalue weighted by Gasteiger charge is -2.27. The number of hydrogen-bond acceptors (Lipinski definition) is 6. The Bertz CT molecular complexity index is 1130. The van der Waals surface area contributed by atoms with Gasteiger partial charge in [-0.3, -0.25) is 19.7 Å². The van der Waals surface area contributed by atoms with Gasteiger partial charge in [0.1, 0.15) is 11.5 Å². The molecule has 0 unspecified atom stereocenters. The molecule has 1 aliphatic heterocycles. The number of fused-ring (bicyclic) bond motifs is 1. The molecular weight excluding hydrogens is 460 g/mol. The van der Waals surface area contributed by atoms with Crippen molar-refractivity contribution < 1.29 is 23.9 Å². The number of nitrogens with zero attached hydrogens (tertiary/aromatic N) is 1. The lowest BCUT2D eigenvalue weighted by atomic mass is 9.89. The van der Waals surface area contributed by atoms with Gasteiger partial charge in [-0.25, -0.2) is 4.79 Å². The van der Waals surface area contributed by atoms with Gasteiger partial charge in [0.2, 0.25) is 0 Å². The first kappa shape index (κ1) is 25.4. The first-order chi connectivity index (χ1) is 17.4. The maximum Gasteiger partial charge on any atom is 0.315 e. The molecule has 2 aliphatic rings. The van der Waals surface area contributed by atoms with E-state index in [2.05, 4.69) is 22.6 Å². The smallest absolute Gasteiger partial charge is 0.315 e. The first-order valence-corrected chi connectivity index (χ1v) is 12.4. The van der Waals surface area contributed by atoms with Gasteiger partial charge in [0.15, 0.2) is 0 Å². The zero-order chi connectivity index (χ0) is 25.5. The van der Waals surface area contributed by atoms with Crippen LogP contribution in [0.15, 0.2) is 42.5 Å². The fourth-order valence-corrected chi connectivity index (χ4v) is 4.69. The third kappa shape index (κ3) is 6.48. The zero-order valence-corrected chi connectivity index (χ0v) is 20.5. The van der Waals surface area contributed by atoms with Crippen molar-refractivity contribution in [2.45, 2.75) is 38.6 Å². The topological polar surface area (TPSA) is 117 Å². The van der Waals surface area contributed by atoms with Gasteiger partial charge in [-0.2, -0.15) is 0 Å². The Morgan fingerprint density at radius 3 is 2.50 bits per heavy atom. The summed E-state index contributed by atoms with van der Waals surface area (Å²) < 4.78 is 5.81. The summed E-state index contributed by atoms with van der Waals surface area (Å²) in [5, 5.41) is 7.78. The van der Waals surface area contributed by atoms with E-state index in [9.17, 15) is 19.2 Å². The van der Waals surface area contributed by atoms with E-state index < -0.39 is 17.6 Å². The summed E-state index contributed by atoms with van der Waals surface area (Å²) in [6.07, 6.45) is 6.65. The van der Waals surface area contributed by atoms with Gasteiger partial charge < -0.3 is 20.3 Å². The molecule has 0 radical (unpaired) electrons. The Labute approximate surface area is 210 Å². The average Bonchev–Trinajstić information content (AvgIpc) is 2.87. The minimum Gasteiger partial charge on any atom is -0.457 e. The summed E-state index contributed by atoms with van der Waals surface area (Å²) in [5.74, 6) is -0.972. The summed E-state index contributed by atoms with van der Waals surface area (Å²) >= 11 is 0. The molecule has 0 spiro atoms. The number of amides is 4. The van der Waals surface area contributed by atoms with Crippen LogP contribution < -0.4 is 20.7 Å². The van der Waals surface area contributed by atoms with Crippen molar-refractivity contribution >= 4 is 23.6 Å². The Morgan fingerprint density at radius 2 is 1.75 bits per heavy atom. The van der Waals surface area contributed by atoms with E-state index >= 15 is 0 Å². The van der Waals surface area contributed by atoms with Gasteiger partial charge in [0.05, 0.1) is 5.56 Å². The number of rotatable bonds is 9. The maximum absolute atomic E-state index is 12.2. The van der Waals surface area contributed by atoms with Crippen LogP contribution in [-0.2, 0) is 11.3 Å². The van der Waals surface area contributed by atoms with Crippen LogP contribution in [0.5, 0.6) is 11.5 Å². The molecule has 0 saturated heterocycles. The molecule has 9 nitrogen and oxygen atoms in total. The number of likely N-dealkylation sites (N-methyl/N-ethyl adjacent to an activating group) is 1. The zero-order valence-electron chi connectivity index (χ0n) is 20.5. The molecule has 0 atom stereocenters. The van der Waals surface area contributed by atoms with Crippen LogP contribution in [0.4, 0.5) is 4.79 Å². The number of ketones is 1. The highest BCUT2D eigenvalue weighted by molar-refractivity contribution is 6.49. The van der Waals surface area contributed by atoms with Crippen LogP contribution in [0.2, 0.25) is 0 Å². The third-order valence-electron chi connectivity index (χ3n) is 6.61. The van der Waals surface area contributed by atoms with Crippen LogP contribution in [0.1, 0.15) is 58.4 Å². The Kier molecular flexibility index (Phi) is 8.32. The summed E-state index contributed by atoms with van der Waals surface area (Å²) in [4.78, 5) is 50.3. The molecule has 0 aromatic heterocycles. The lowest BCUT2D eigenvalue weighted by Crippen LogP contribution is -2.42. The van der Waals surface area contributed by atoms with Crippen molar-refractivity contribution in [3.8, 4) is 11.5 Å². The predicted octanol–water partition coefficient (Wildman–Crippen LogP) is 3.24. The summed E-state index contributed by atoms with van der Waals surface area (Å²) in [5.41, 5.74) is 0.933. The molecule has 1 saturated carbocycles. The van der Waals surface area contributed by atoms with Crippen LogP contribution in [0.3, 0.4) is 0 Å². The molecule has 3 N–H and O–H groups in total. The van der Waals surface area contributed by atoms with Gasteiger partial charge in [-0.15, -0.1) is 0 Å². The fraction of sp³-hybridized carbons (Fsp3) is 0.407. The molecule has 9 heteroatoms. The van der Waals surface area contributed by atoms with E-state index in [0.29, 0.717) is 18.8 Å². The predicted molar refractivity (Wildman–Crippen MR) is 134 cm³/mol. The second-order valence-electron chi connectivity index (χ2n) is 9.41. The summed E-state index contributed by atoms with van der Waals surface area (Å²) in [6.45, 7) is 2.84. The summed E-state index contributed by atoms with van der Waals surface area (Å²) in [6, 6.07) is 11.4. The highest BCUT2D eigenvalue weighted by Crippen LogP contribution is 2.30. The maximum atomic E-state index is 12.2. The Hall–Kier alpha value is -3.72. The first-order valence-electron chi connectivity index (χ1n) is 12.4. The summed E-state index contributed by atoms with van der Waals surface area (Å²) in [7, 11) is 2.10. The molecule has 2 aromatic rings. The number of Topliss-reactive ketones (excluding diaryl/α,β-unsaturated/α-hetero) is 1. The van der Waals surface area contributed by atoms with Crippen molar-refractivity contribution in [2.75, 3.05) is 26.7 Å². The average molecular weight is 493 g/mol. The van der Waals surface area contributed by atoms with E-state index in [1.54, 1.807) is 36.4 Å². The van der Waals surface area contributed by atoms with Gasteiger partial charge in [-0.05, 0) is 55.6 Å². The van der Waals surface area contributed by atoms with Crippen LogP contribution in [-0.4, -0.2) is 55.2 Å². The minimum absolute atomic E-state index is 0.0215. The SMILES string of the molecule is CN(CCNC(=O)NCc1ccc(Oc2cccc3c2C(=O)NC(=O)C3=O)cc1)CC1CCCCC1. The number of carbonyl (C=O) groups is 4. The van der Waals surface area contributed by atoms with Gasteiger partial charge in [0, 0.05) is 31.7 Å². The normalized spacial score (nSPS) is 15.9. The molecule has 4 rings (SSSR count). The molecule has 0 bridgehead atoms. The number of imide groups is 1. The second-order valence-corrected chi connectivity index (χ2v) is 9.41. The molecule has 190 valence electrons. The Balaban J connectivity index is 1.22. The fourth-order valence-electron chi connectivity index (χ4n) is 4.69. The number of carbonyl (C=O) groups excluding carboxylic acids is 4. The number of hydrogen-bond donors (Lipinski definition) is 3. The molecule has 1 aliphatic carbocycles. The monoisotopic (exact) mass is 492 g/mol. The van der Waals surface area contributed by atoms with E-state index in [1.165, 1.54) is 38.2 Å². The van der Waals surface area contributed by atoms with E-state index in [-0.39, 0.29) is 22.9 Å². The molecule has 4 amide bonds. The molecule has 36 heavy (non-hydrogen) atoms. The van der Waals surface area contributed by atoms with Crippen molar-refractivity contribution in [2.24, 2.45) is 5.92 Å². The molecule has 1 fully saturated rings. The number of urea groups is 1. The second kappa shape index (κ2) is 11.8. The standard InChI is InChI=1S/C27H32N4O5/c1-31(17-19-6-3-2-4-7-19)15-14-28-27(35)29-16-18-10-12-20(13-11-18)36-22-9-5-8-21-23(22)25(33)30-26(34)24(21)32/h5,8-13,19H,2-4,6-7,14-17H2,1H3,(H2,28,29,35)(H,30,33,34). The third-order valence-corrected chi connectivity index (χ3v) is 6.61. The van der Waals surface area contributed by atoms with Crippen molar-refractivity contribution in [1.82, 2.24) is 20.9 Å². The number of benzene rings is 2. The van der Waals surface area contributed by atoms with Crippen molar-refractivity contribution in [3.05, 3.63) is 59.2 Å². The molecule has 2 aromatic carbocycles. The largest absolute Gasteiger partial charge is 0.457 e. The van der Waals surface area contributed by atoms with Gasteiger partial charge >= 0.3 is 6.03 Å². The van der Waals surface area contributed by atoms with Gasteiger partial charge in [0.25, 0.3) is 17.6 Å². The Morgan fingerprint density at radius 1 is 1.00 bits per heavy atom. The van der Waals surface area contributed by atoms with Crippen LogP contribution in [0.25, 0.3) is 0 Å². The highest BCUT2D eigenvalue weighted by Gasteiger charge is 2.33. The van der Waals surface area contributed by atoms with Crippen LogP contribution >= 0.6 is 0 Å². The molecule has 1 heterocycles. The molecular formula is C27H32N4O5. The lowest BCUT2D eigenvalue weighted by molar-refractivity contribution is -0.116. The van der Waals surface area contributed by atoms with E-state index in [4.69, 9.17) is 4.74 Å². The van der Waals surface area contributed by atoms with Gasteiger partial charge in [-0.1, -0.05) is 37.5 Å². The quantitative estimate of drug-likeness (QED) is 0.366. The highest BCUT2D eigenvalue weighted by atomic mass is 16.5. The van der Waals surface area contributed by atoms with Crippen molar-refractivity contribution in [1.29, 1.82) is 0 Å². The minimum atomic E-state index is -0.947.